The summed E-state index contributed by atoms with van der Waals surface area (Å²) in [5, 5.41) is 3.43. The van der Waals surface area contributed by atoms with E-state index in [-0.39, 0.29) is 0 Å². The molecule has 0 aliphatic carbocycles. The van der Waals surface area contributed by atoms with Gasteiger partial charge in [-0.15, -0.1) is 0 Å². The number of benzene rings is 1. The zero-order valence-corrected chi connectivity index (χ0v) is 11.4. The second-order valence-electron chi connectivity index (χ2n) is 5.56. The van der Waals surface area contributed by atoms with Crippen LogP contribution in [0.15, 0.2) is 18.2 Å². The lowest BCUT2D eigenvalue weighted by Gasteiger charge is -2.12. The minimum absolute atomic E-state index is 0.467. The molecule has 2 aromatic rings. The van der Waals surface area contributed by atoms with Crippen molar-refractivity contribution in [3.05, 3.63) is 29.6 Å². The van der Waals surface area contributed by atoms with Crippen LogP contribution in [0.2, 0.25) is 0 Å². The van der Waals surface area contributed by atoms with E-state index in [1.54, 1.807) is 0 Å². The molecular formula is C15H21N3. The van der Waals surface area contributed by atoms with Crippen molar-refractivity contribution in [3.8, 4) is 0 Å². The Balaban J connectivity index is 2.08. The zero-order chi connectivity index (χ0) is 12.7. The minimum Gasteiger partial charge on any atom is -0.326 e. The Hall–Kier alpha value is -1.35. The highest BCUT2D eigenvalue weighted by Gasteiger charge is 2.18. The summed E-state index contributed by atoms with van der Waals surface area (Å²) in [5.41, 5.74) is 3.84. The van der Waals surface area contributed by atoms with E-state index >= 15 is 0 Å². The lowest BCUT2D eigenvalue weighted by Crippen LogP contribution is -2.08. The van der Waals surface area contributed by atoms with Crippen LogP contribution in [0.1, 0.15) is 43.6 Å². The Labute approximate surface area is 108 Å². The molecule has 3 heteroatoms. The molecule has 1 aromatic carbocycles. The van der Waals surface area contributed by atoms with E-state index in [2.05, 4.69) is 48.9 Å². The predicted molar refractivity (Wildman–Crippen MR) is 75.1 cm³/mol. The van der Waals surface area contributed by atoms with Gasteiger partial charge in [-0.2, -0.15) is 0 Å². The monoisotopic (exact) mass is 243 g/mol. The van der Waals surface area contributed by atoms with Gasteiger partial charge < -0.3 is 9.88 Å². The molecule has 3 rings (SSSR count). The van der Waals surface area contributed by atoms with Gasteiger partial charge in [0.25, 0.3) is 0 Å². The summed E-state index contributed by atoms with van der Waals surface area (Å²) >= 11 is 0. The van der Waals surface area contributed by atoms with Crippen molar-refractivity contribution in [2.24, 2.45) is 0 Å². The normalized spacial score (nSPS) is 20.1. The SMILES string of the molecule is Cc1nc2cc(C3CCNC3)ccc2n1C(C)C. The number of aromatic nitrogens is 2. The smallest absolute Gasteiger partial charge is 0.106 e. The Morgan fingerprint density at radius 1 is 1.39 bits per heavy atom. The Morgan fingerprint density at radius 2 is 2.22 bits per heavy atom. The molecule has 1 aliphatic rings. The van der Waals surface area contributed by atoms with Gasteiger partial charge in [-0.05, 0) is 57.4 Å². The molecule has 1 N–H and O–H groups in total. The van der Waals surface area contributed by atoms with E-state index in [1.807, 2.05) is 0 Å². The van der Waals surface area contributed by atoms with Crippen LogP contribution in [0.3, 0.4) is 0 Å². The molecular weight excluding hydrogens is 222 g/mol. The molecule has 0 radical (unpaired) electrons. The summed E-state index contributed by atoms with van der Waals surface area (Å²) in [5.74, 6) is 1.78. The fraction of sp³-hybridized carbons (Fsp3) is 0.533. The van der Waals surface area contributed by atoms with E-state index in [9.17, 15) is 0 Å². The zero-order valence-electron chi connectivity index (χ0n) is 11.4. The van der Waals surface area contributed by atoms with Crippen LogP contribution in [0.5, 0.6) is 0 Å². The lowest BCUT2D eigenvalue weighted by atomic mass is 9.98. The summed E-state index contributed by atoms with van der Waals surface area (Å²) in [6, 6.07) is 7.26. The van der Waals surface area contributed by atoms with E-state index < -0.39 is 0 Å². The quantitative estimate of drug-likeness (QED) is 0.878. The molecule has 1 aromatic heterocycles. The van der Waals surface area contributed by atoms with Gasteiger partial charge in [-0.1, -0.05) is 6.07 Å². The van der Waals surface area contributed by atoms with Crippen molar-refractivity contribution in [1.29, 1.82) is 0 Å². The van der Waals surface area contributed by atoms with Gasteiger partial charge in [0.1, 0.15) is 5.82 Å². The van der Waals surface area contributed by atoms with Gasteiger partial charge in [0.15, 0.2) is 0 Å². The maximum Gasteiger partial charge on any atom is 0.106 e. The number of aryl methyl sites for hydroxylation is 1. The highest BCUT2D eigenvalue weighted by molar-refractivity contribution is 5.77. The van der Waals surface area contributed by atoms with Gasteiger partial charge in [-0.3, -0.25) is 0 Å². The van der Waals surface area contributed by atoms with Crippen molar-refractivity contribution >= 4 is 11.0 Å². The molecule has 0 spiro atoms. The maximum absolute atomic E-state index is 4.71. The van der Waals surface area contributed by atoms with Crippen molar-refractivity contribution in [2.45, 2.75) is 39.2 Å². The van der Waals surface area contributed by atoms with E-state index in [4.69, 9.17) is 4.98 Å². The second-order valence-corrected chi connectivity index (χ2v) is 5.56. The van der Waals surface area contributed by atoms with Crippen LogP contribution in [0, 0.1) is 6.92 Å². The third-order valence-corrected chi connectivity index (χ3v) is 3.94. The van der Waals surface area contributed by atoms with Gasteiger partial charge >= 0.3 is 0 Å². The maximum atomic E-state index is 4.71. The summed E-state index contributed by atoms with van der Waals surface area (Å²) in [6.45, 7) is 8.76. The topological polar surface area (TPSA) is 29.9 Å². The van der Waals surface area contributed by atoms with E-state index in [1.165, 1.54) is 17.5 Å². The first-order chi connectivity index (χ1) is 8.66. The highest BCUT2D eigenvalue weighted by atomic mass is 15.1. The van der Waals surface area contributed by atoms with E-state index in [0.29, 0.717) is 12.0 Å². The Kier molecular flexibility index (Phi) is 2.86. The van der Waals surface area contributed by atoms with Crippen LogP contribution in [0.25, 0.3) is 11.0 Å². The summed E-state index contributed by atoms with van der Waals surface area (Å²) < 4.78 is 2.31. The standard InChI is InChI=1S/C15H21N3/c1-10(2)18-11(3)17-14-8-12(4-5-15(14)18)13-6-7-16-9-13/h4-5,8,10,13,16H,6-7,9H2,1-3H3. The molecule has 96 valence electrons. The molecule has 0 saturated carbocycles. The molecule has 2 heterocycles. The summed E-state index contributed by atoms with van der Waals surface area (Å²) in [4.78, 5) is 4.71. The Bertz CT molecular complexity index is 562. The van der Waals surface area contributed by atoms with Gasteiger partial charge in [-0.25, -0.2) is 4.98 Å². The molecule has 1 atom stereocenters. The van der Waals surface area contributed by atoms with Crippen LogP contribution in [0.4, 0.5) is 0 Å². The average molecular weight is 243 g/mol. The molecule has 1 saturated heterocycles. The van der Waals surface area contributed by atoms with E-state index in [0.717, 1.165) is 24.4 Å². The molecule has 1 unspecified atom stereocenters. The molecule has 18 heavy (non-hydrogen) atoms. The average Bonchev–Trinajstić information content (AvgIpc) is 2.92. The first-order valence-electron chi connectivity index (χ1n) is 6.86. The molecule has 3 nitrogen and oxygen atoms in total. The van der Waals surface area contributed by atoms with Gasteiger partial charge in [0.2, 0.25) is 0 Å². The predicted octanol–water partition coefficient (Wildman–Crippen LogP) is 3.00. The fourth-order valence-electron chi connectivity index (χ4n) is 3.08. The number of rotatable bonds is 2. The molecule has 1 aliphatic heterocycles. The van der Waals surface area contributed by atoms with Crippen LogP contribution in [-0.4, -0.2) is 22.6 Å². The minimum atomic E-state index is 0.467. The van der Waals surface area contributed by atoms with Gasteiger partial charge in [0.05, 0.1) is 11.0 Å². The third-order valence-electron chi connectivity index (χ3n) is 3.94. The fourth-order valence-corrected chi connectivity index (χ4v) is 3.08. The third kappa shape index (κ3) is 1.83. The number of nitrogens with one attached hydrogen (secondary N) is 1. The van der Waals surface area contributed by atoms with Crippen molar-refractivity contribution in [1.82, 2.24) is 14.9 Å². The number of fused-ring (bicyclic) bond motifs is 1. The summed E-state index contributed by atoms with van der Waals surface area (Å²) in [6.07, 6.45) is 1.25. The molecule has 0 bridgehead atoms. The second kappa shape index (κ2) is 4.39. The number of imidazole rings is 1. The highest BCUT2D eigenvalue weighted by Crippen LogP contribution is 2.27. The van der Waals surface area contributed by atoms with Crippen molar-refractivity contribution in [2.75, 3.05) is 13.1 Å². The van der Waals surface area contributed by atoms with Crippen molar-refractivity contribution < 1.29 is 0 Å². The first-order valence-corrected chi connectivity index (χ1v) is 6.86. The lowest BCUT2D eigenvalue weighted by molar-refractivity contribution is 0.600. The van der Waals surface area contributed by atoms with Crippen LogP contribution < -0.4 is 5.32 Å². The van der Waals surface area contributed by atoms with Crippen molar-refractivity contribution in [3.63, 3.8) is 0 Å². The Morgan fingerprint density at radius 3 is 2.89 bits per heavy atom. The first kappa shape index (κ1) is 11.7. The van der Waals surface area contributed by atoms with Gasteiger partial charge in [0, 0.05) is 12.6 Å². The largest absolute Gasteiger partial charge is 0.326 e. The van der Waals surface area contributed by atoms with Crippen LogP contribution >= 0.6 is 0 Å². The number of nitrogens with zero attached hydrogens (tertiary/aromatic N) is 2. The summed E-state index contributed by atoms with van der Waals surface area (Å²) in [7, 11) is 0. The van der Waals surface area contributed by atoms with Crippen LogP contribution in [-0.2, 0) is 0 Å². The molecule has 1 fully saturated rings. The number of hydrogen-bond acceptors (Lipinski definition) is 2. The molecule has 0 amide bonds. The number of hydrogen-bond donors (Lipinski definition) is 1.